The molecule has 1 saturated carbocycles. The van der Waals surface area contributed by atoms with Crippen molar-refractivity contribution in [3.63, 3.8) is 0 Å². The zero-order valence-corrected chi connectivity index (χ0v) is 38.0. The number of carbonyl (C=O) groups excluding carboxylic acids is 7. The summed E-state index contributed by atoms with van der Waals surface area (Å²) in [5.41, 5.74) is 12.8. The molecule has 0 radical (unpaired) electrons. The van der Waals surface area contributed by atoms with E-state index >= 15 is 0 Å². The lowest BCUT2D eigenvalue weighted by atomic mass is 9.84. The van der Waals surface area contributed by atoms with Gasteiger partial charge in [-0.05, 0) is 78.8 Å². The third kappa shape index (κ3) is 14.0. The molecule has 10 N–H and O–H groups in total. The van der Waals surface area contributed by atoms with Gasteiger partial charge in [-0.25, -0.2) is 0 Å². The van der Waals surface area contributed by atoms with Gasteiger partial charge in [-0.3, -0.25) is 38.6 Å². The van der Waals surface area contributed by atoms with Crippen LogP contribution in [-0.4, -0.2) is 108 Å². The Morgan fingerprint density at radius 3 is 2.28 bits per heavy atom. The maximum Gasteiger partial charge on any atom is 0.245 e. The Bertz CT molecular complexity index is 2170. The predicted molar refractivity (Wildman–Crippen MR) is 249 cm³/mol. The second-order valence-electron chi connectivity index (χ2n) is 17.5. The minimum atomic E-state index is -1.12. The second kappa shape index (κ2) is 23.8. The zero-order valence-electron chi connectivity index (χ0n) is 37.2. The fourth-order valence-electron chi connectivity index (χ4n) is 9.17. The maximum absolute atomic E-state index is 14.6. The molecule has 17 nitrogen and oxygen atoms in total. The fraction of sp³-hybridized carbons (Fsp3) is 0.532. The van der Waals surface area contributed by atoms with Crippen molar-refractivity contribution in [3.05, 3.63) is 71.1 Å². The van der Waals surface area contributed by atoms with Crippen molar-refractivity contribution in [2.75, 3.05) is 19.6 Å². The molecule has 65 heavy (non-hydrogen) atoms. The number of fused-ring (bicyclic) bond motifs is 2. The fourth-order valence-corrected chi connectivity index (χ4v) is 10.1. The monoisotopic (exact) mass is 912 g/mol. The van der Waals surface area contributed by atoms with Crippen molar-refractivity contribution in [1.29, 1.82) is 0 Å². The highest BCUT2D eigenvalue weighted by molar-refractivity contribution is 7.17. The van der Waals surface area contributed by atoms with Crippen molar-refractivity contribution in [2.45, 2.75) is 133 Å². The Morgan fingerprint density at radius 2 is 1.52 bits per heavy atom. The Balaban J connectivity index is 1.31. The Labute approximate surface area is 384 Å². The van der Waals surface area contributed by atoms with E-state index in [0.29, 0.717) is 25.7 Å². The number of amides is 7. The molecule has 18 heteroatoms. The summed E-state index contributed by atoms with van der Waals surface area (Å²) in [5, 5.41) is 20.3. The molecule has 0 bridgehead atoms. The molecule has 1 aliphatic carbocycles. The van der Waals surface area contributed by atoms with E-state index in [1.165, 1.54) is 23.2 Å². The molecule has 2 aliphatic heterocycles. The number of nitrogens with zero attached hydrogens (tertiary/aromatic N) is 2. The van der Waals surface area contributed by atoms with Crippen LogP contribution in [-0.2, 0) is 46.4 Å². The van der Waals surface area contributed by atoms with Crippen LogP contribution in [0.15, 0.2) is 65.0 Å². The van der Waals surface area contributed by atoms with E-state index in [1.807, 2.05) is 60.0 Å². The van der Waals surface area contributed by atoms with Crippen LogP contribution < -0.4 is 43.4 Å². The summed E-state index contributed by atoms with van der Waals surface area (Å²) in [4.78, 5) is 104. The number of guanidine groups is 1. The Hall–Kier alpha value is -6.04. The summed E-state index contributed by atoms with van der Waals surface area (Å²) in [6, 6.07) is 10.7. The van der Waals surface area contributed by atoms with Gasteiger partial charge in [-0.1, -0.05) is 80.6 Å². The molecular formula is C47H64N10O7S. The lowest BCUT2D eigenvalue weighted by Gasteiger charge is -2.32. The molecule has 6 rings (SSSR count). The number of hydrogen-bond donors (Lipinski definition) is 8. The van der Waals surface area contributed by atoms with Crippen molar-refractivity contribution in [1.82, 2.24) is 36.8 Å². The van der Waals surface area contributed by atoms with Crippen LogP contribution in [0.1, 0.15) is 95.1 Å². The number of aliphatic imine (C=N–C) groups is 1. The van der Waals surface area contributed by atoms with Crippen molar-refractivity contribution in [3.8, 4) is 0 Å². The molecule has 3 fully saturated rings. The number of benzene rings is 2. The lowest BCUT2D eigenvalue weighted by Crippen LogP contribution is -2.60. The molecular weight excluding hydrogens is 849 g/mol. The first-order valence-corrected chi connectivity index (χ1v) is 23.9. The van der Waals surface area contributed by atoms with E-state index in [-0.39, 0.29) is 63.6 Å². The lowest BCUT2D eigenvalue weighted by molar-refractivity contribution is -0.142. The summed E-state index contributed by atoms with van der Waals surface area (Å²) >= 11 is 1.53. The molecule has 350 valence electrons. The van der Waals surface area contributed by atoms with E-state index in [4.69, 9.17) is 11.5 Å². The van der Waals surface area contributed by atoms with Gasteiger partial charge in [0.25, 0.3) is 0 Å². The van der Waals surface area contributed by atoms with Crippen LogP contribution >= 0.6 is 11.3 Å². The van der Waals surface area contributed by atoms with Crippen molar-refractivity contribution in [2.24, 2.45) is 22.4 Å². The molecule has 3 aliphatic rings. The van der Waals surface area contributed by atoms with Crippen LogP contribution in [0.3, 0.4) is 0 Å². The van der Waals surface area contributed by atoms with E-state index in [0.717, 1.165) is 53.3 Å². The van der Waals surface area contributed by atoms with E-state index in [9.17, 15) is 33.6 Å². The topological polar surface area (TPSA) is 259 Å². The first-order valence-electron chi connectivity index (χ1n) is 23.0. The predicted octanol–water partition coefficient (Wildman–Crippen LogP) is 2.06. The highest BCUT2D eigenvalue weighted by Gasteiger charge is 2.40. The molecule has 2 saturated heterocycles. The number of thiophene rings is 1. The number of nitrogens with two attached hydrogens (primary N) is 2. The average Bonchev–Trinajstić information content (AvgIpc) is 3.95. The third-order valence-electron chi connectivity index (χ3n) is 12.5. The number of hydrogen-bond acceptors (Lipinski definition) is 9. The van der Waals surface area contributed by atoms with Gasteiger partial charge in [0.2, 0.25) is 41.4 Å². The van der Waals surface area contributed by atoms with Crippen molar-refractivity contribution >= 4 is 68.7 Å². The molecule has 6 atom stereocenters. The molecule has 3 heterocycles. The average molecular weight is 913 g/mol. The van der Waals surface area contributed by atoms with E-state index in [2.05, 4.69) is 36.9 Å². The van der Waals surface area contributed by atoms with Gasteiger partial charge in [0.05, 0.1) is 0 Å². The number of carbonyl (C=O) groups is 7. The highest BCUT2D eigenvalue weighted by Crippen LogP contribution is 2.29. The molecule has 3 aromatic rings. The van der Waals surface area contributed by atoms with E-state index < -0.39 is 77.6 Å². The van der Waals surface area contributed by atoms with Gasteiger partial charge in [0.15, 0.2) is 5.96 Å². The Morgan fingerprint density at radius 1 is 0.815 bits per heavy atom. The Kier molecular flexibility index (Phi) is 17.7. The third-order valence-corrected chi connectivity index (χ3v) is 13.5. The summed E-state index contributed by atoms with van der Waals surface area (Å²) in [6.07, 6.45) is 7.19. The first-order chi connectivity index (χ1) is 31.4. The van der Waals surface area contributed by atoms with Gasteiger partial charge in [-0.2, -0.15) is 0 Å². The largest absolute Gasteiger partial charge is 0.370 e. The first kappa shape index (κ1) is 48.4. The van der Waals surface area contributed by atoms with Gasteiger partial charge in [-0.15, -0.1) is 11.3 Å². The van der Waals surface area contributed by atoms with Crippen LogP contribution in [0, 0.1) is 5.92 Å². The molecule has 1 unspecified atom stereocenters. The van der Waals surface area contributed by atoms with Crippen molar-refractivity contribution < 1.29 is 33.6 Å². The molecule has 0 spiro atoms. The highest BCUT2D eigenvalue weighted by atomic mass is 32.1. The van der Waals surface area contributed by atoms with Crippen LogP contribution in [0.5, 0.6) is 0 Å². The van der Waals surface area contributed by atoms with Gasteiger partial charge >= 0.3 is 0 Å². The standard InChI is InChI=1S/C47H64N10O7S/c1-29(58)52-36(25-30-13-4-2-5-14-30)42(60)54-35-19-11-22-50-41(59)34(18-10-23-51-47(48)49)53-44(62)38(27-32-28-65-40-21-9-8-17-33(32)40)55-43(61)37(26-31-15-6-3-7-16-31)56-45(63)39-20-12-24-57(39)46(35)64/h2,4-5,8-9,13-14,17,21,28,31,34-39H,3,6-7,10-12,15-16,18-20,22-27H2,1H3,(H,50,59)(H,52,58)(H,53,62)(H,54,60)(H,55,61)(H,56,63)(H4,48,49,51)/t34-,35?,36-,37+,38-,39-/m0/s1. The number of rotatable bonds is 13. The molecule has 1 aromatic heterocycles. The van der Waals surface area contributed by atoms with E-state index in [1.54, 1.807) is 0 Å². The van der Waals surface area contributed by atoms with Crippen LogP contribution in [0.2, 0.25) is 0 Å². The molecule has 2 aromatic carbocycles. The zero-order chi connectivity index (χ0) is 46.3. The van der Waals surface area contributed by atoms with Gasteiger partial charge in [0, 0.05) is 44.1 Å². The smallest absolute Gasteiger partial charge is 0.245 e. The van der Waals surface area contributed by atoms with Crippen LogP contribution in [0.25, 0.3) is 10.1 Å². The van der Waals surface area contributed by atoms with Crippen LogP contribution in [0.4, 0.5) is 0 Å². The maximum atomic E-state index is 14.6. The quantitative estimate of drug-likeness (QED) is 0.0709. The minimum absolute atomic E-state index is 0.0751. The SMILES string of the molecule is CC(=O)N[C@@H](Cc1ccccc1)C(=O)NC1CCCNC(=O)[C@H](CCCN=C(N)N)NC(=O)[C@H](Cc2csc3ccccc23)NC(=O)[C@@H](CC2CCCCC2)NC(=O)[C@@H]2CCCN2C1=O. The van der Waals surface area contributed by atoms with Gasteiger partial charge < -0.3 is 48.3 Å². The summed E-state index contributed by atoms with van der Waals surface area (Å²) in [6.45, 7) is 1.84. The molecule has 7 amide bonds. The summed E-state index contributed by atoms with van der Waals surface area (Å²) in [7, 11) is 0. The number of nitrogens with one attached hydrogen (secondary N) is 6. The second-order valence-corrected chi connectivity index (χ2v) is 18.4. The minimum Gasteiger partial charge on any atom is -0.370 e. The summed E-state index contributed by atoms with van der Waals surface area (Å²) in [5.74, 6) is -3.53. The summed E-state index contributed by atoms with van der Waals surface area (Å²) < 4.78 is 1.02. The van der Waals surface area contributed by atoms with Gasteiger partial charge in [0.1, 0.15) is 36.3 Å². The normalized spacial score (nSPS) is 23.4.